The molecule has 1 aromatic rings. The van der Waals surface area contributed by atoms with E-state index in [4.69, 9.17) is 5.73 Å². The molecule has 106 valence electrons. The molecule has 2 rings (SSSR count). The van der Waals surface area contributed by atoms with Crippen molar-refractivity contribution >= 4 is 10.0 Å². The Morgan fingerprint density at radius 2 is 1.89 bits per heavy atom. The van der Waals surface area contributed by atoms with E-state index in [1.807, 2.05) is 0 Å². The van der Waals surface area contributed by atoms with Crippen LogP contribution in [0.15, 0.2) is 23.1 Å². The Hall–Kier alpha value is -0.990. The van der Waals surface area contributed by atoms with Gasteiger partial charge in [-0.25, -0.2) is 8.42 Å². The number of sulfonamides is 1. The normalized spacial score (nSPS) is 24.8. The first kappa shape index (κ1) is 14.4. The Kier molecular flexibility index (Phi) is 3.93. The van der Waals surface area contributed by atoms with Crippen molar-refractivity contribution in [2.75, 3.05) is 13.1 Å². The molecule has 1 fully saturated rings. The number of benzene rings is 1. The number of aryl methyl sites for hydroxylation is 1. The van der Waals surface area contributed by atoms with Gasteiger partial charge < -0.3 is 15.9 Å². The van der Waals surface area contributed by atoms with Crippen LogP contribution in [0.5, 0.6) is 0 Å². The summed E-state index contributed by atoms with van der Waals surface area (Å²) < 4.78 is 25.8. The lowest BCUT2D eigenvalue weighted by Crippen LogP contribution is -2.30. The van der Waals surface area contributed by atoms with Gasteiger partial charge in [0.2, 0.25) is 10.0 Å². The molecule has 2 unspecified atom stereocenters. The highest BCUT2D eigenvalue weighted by molar-refractivity contribution is 7.89. The largest absolute Gasteiger partial charge is 0.389 e. The lowest BCUT2D eigenvalue weighted by molar-refractivity contribution is 0.0572. The molecule has 0 aromatic heterocycles. The molecule has 1 saturated heterocycles. The standard InChI is InChI=1S/C12H18N2O4S/c1-8-4-10(3-2-9(8)5-13)19(17,18)14-6-11(15)12(16)7-14/h2-4,11-12,15-16H,5-7,13H2,1H3. The van der Waals surface area contributed by atoms with Gasteiger partial charge in [-0.05, 0) is 30.2 Å². The van der Waals surface area contributed by atoms with Crippen molar-refractivity contribution in [2.45, 2.75) is 30.6 Å². The predicted molar refractivity (Wildman–Crippen MR) is 69.8 cm³/mol. The Labute approximate surface area is 112 Å². The molecule has 0 bridgehead atoms. The van der Waals surface area contributed by atoms with E-state index in [0.29, 0.717) is 6.54 Å². The summed E-state index contributed by atoms with van der Waals surface area (Å²) in [4.78, 5) is 0.156. The lowest BCUT2D eigenvalue weighted by atomic mass is 10.1. The molecule has 4 N–H and O–H groups in total. The van der Waals surface area contributed by atoms with Crippen molar-refractivity contribution in [3.8, 4) is 0 Å². The van der Waals surface area contributed by atoms with Crippen molar-refractivity contribution in [3.05, 3.63) is 29.3 Å². The van der Waals surface area contributed by atoms with Gasteiger partial charge in [-0.2, -0.15) is 4.31 Å². The monoisotopic (exact) mass is 286 g/mol. The molecular formula is C12H18N2O4S. The minimum atomic E-state index is -3.68. The smallest absolute Gasteiger partial charge is 0.243 e. The first-order valence-electron chi connectivity index (χ1n) is 6.02. The minimum absolute atomic E-state index is 0.0822. The maximum Gasteiger partial charge on any atom is 0.243 e. The molecule has 7 heteroatoms. The highest BCUT2D eigenvalue weighted by Crippen LogP contribution is 2.23. The van der Waals surface area contributed by atoms with Gasteiger partial charge in [0, 0.05) is 19.6 Å². The van der Waals surface area contributed by atoms with Crippen LogP contribution in [0.4, 0.5) is 0 Å². The van der Waals surface area contributed by atoms with E-state index in [2.05, 4.69) is 0 Å². The Balaban J connectivity index is 2.33. The summed E-state index contributed by atoms with van der Waals surface area (Å²) >= 11 is 0. The summed E-state index contributed by atoms with van der Waals surface area (Å²) in [6.45, 7) is 1.99. The zero-order valence-electron chi connectivity index (χ0n) is 10.7. The van der Waals surface area contributed by atoms with Gasteiger partial charge in [-0.1, -0.05) is 6.07 Å². The van der Waals surface area contributed by atoms with E-state index in [9.17, 15) is 18.6 Å². The number of β-amino-alcohol motifs (C(OH)–C–C–N with tert-alkyl or cyclic N) is 2. The van der Waals surface area contributed by atoms with Crippen LogP contribution in [0.1, 0.15) is 11.1 Å². The second-order valence-electron chi connectivity index (χ2n) is 4.75. The maximum absolute atomic E-state index is 12.3. The van der Waals surface area contributed by atoms with E-state index in [1.54, 1.807) is 19.1 Å². The van der Waals surface area contributed by atoms with Gasteiger partial charge in [-0.15, -0.1) is 0 Å². The van der Waals surface area contributed by atoms with Gasteiger partial charge in [-0.3, -0.25) is 0 Å². The highest BCUT2D eigenvalue weighted by Gasteiger charge is 2.37. The SMILES string of the molecule is Cc1cc(S(=O)(=O)N2CC(O)C(O)C2)ccc1CN. The fraction of sp³-hybridized carbons (Fsp3) is 0.500. The van der Waals surface area contributed by atoms with Gasteiger partial charge >= 0.3 is 0 Å². The molecule has 1 aliphatic heterocycles. The van der Waals surface area contributed by atoms with E-state index in [0.717, 1.165) is 15.4 Å². The van der Waals surface area contributed by atoms with Crippen LogP contribution in [0, 0.1) is 6.92 Å². The molecule has 0 saturated carbocycles. The molecule has 6 nitrogen and oxygen atoms in total. The topological polar surface area (TPSA) is 104 Å². The zero-order chi connectivity index (χ0) is 14.2. The van der Waals surface area contributed by atoms with E-state index >= 15 is 0 Å². The van der Waals surface area contributed by atoms with Crippen LogP contribution in [-0.2, 0) is 16.6 Å². The van der Waals surface area contributed by atoms with Gasteiger partial charge in [0.15, 0.2) is 0 Å². The molecule has 0 amide bonds. The first-order chi connectivity index (χ1) is 8.86. The minimum Gasteiger partial charge on any atom is -0.389 e. The first-order valence-corrected chi connectivity index (χ1v) is 7.46. The van der Waals surface area contributed by atoms with Crippen LogP contribution >= 0.6 is 0 Å². The number of aliphatic hydroxyl groups excluding tert-OH is 2. The third kappa shape index (κ3) is 2.65. The summed E-state index contributed by atoms with van der Waals surface area (Å²) in [7, 11) is -3.68. The molecule has 0 radical (unpaired) electrons. The average molecular weight is 286 g/mol. The zero-order valence-corrected chi connectivity index (χ0v) is 11.5. The number of rotatable bonds is 3. The molecule has 0 spiro atoms. The molecule has 1 aromatic carbocycles. The second-order valence-corrected chi connectivity index (χ2v) is 6.69. The second kappa shape index (κ2) is 5.18. The van der Waals surface area contributed by atoms with E-state index in [1.165, 1.54) is 6.07 Å². The van der Waals surface area contributed by atoms with Crippen molar-refractivity contribution in [2.24, 2.45) is 5.73 Å². The summed E-state index contributed by atoms with van der Waals surface area (Å²) in [5, 5.41) is 18.9. The number of nitrogens with zero attached hydrogens (tertiary/aromatic N) is 1. The maximum atomic E-state index is 12.3. The van der Waals surface area contributed by atoms with E-state index in [-0.39, 0.29) is 18.0 Å². The van der Waals surface area contributed by atoms with Crippen LogP contribution in [0.25, 0.3) is 0 Å². The predicted octanol–water partition coefficient (Wildman–Crippen LogP) is -0.820. The van der Waals surface area contributed by atoms with Crippen LogP contribution < -0.4 is 5.73 Å². The van der Waals surface area contributed by atoms with Crippen LogP contribution in [0.3, 0.4) is 0 Å². The van der Waals surface area contributed by atoms with Gasteiger partial charge in [0.25, 0.3) is 0 Å². The third-order valence-corrected chi connectivity index (χ3v) is 5.22. The summed E-state index contributed by atoms with van der Waals surface area (Å²) in [5.74, 6) is 0. The number of nitrogens with two attached hydrogens (primary N) is 1. The number of hydrogen-bond donors (Lipinski definition) is 3. The number of aliphatic hydroxyl groups is 2. The molecule has 1 aliphatic rings. The van der Waals surface area contributed by atoms with Crippen molar-refractivity contribution in [1.29, 1.82) is 0 Å². The third-order valence-electron chi connectivity index (χ3n) is 3.40. The Morgan fingerprint density at radius 3 is 2.37 bits per heavy atom. The van der Waals surface area contributed by atoms with Crippen LogP contribution in [-0.4, -0.2) is 48.2 Å². The fourth-order valence-electron chi connectivity index (χ4n) is 2.14. The molecule has 2 atom stereocenters. The molecular weight excluding hydrogens is 268 g/mol. The van der Waals surface area contributed by atoms with E-state index < -0.39 is 22.2 Å². The Morgan fingerprint density at radius 1 is 1.32 bits per heavy atom. The molecule has 19 heavy (non-hydrogen) atoms. The quantitative estimate of drug-likeness (QED) is 0.673. The van der Waals surface area contributed by atoms with Crippen molar-refractivity contribution in [1.82, 2.24) is 4.31 Å². The van der Waals surface area contributed by atoms with Crippen molar-refractivity contribution in [3.63, 3.8) is 0 Å². The van der Waals surface area contributed by atoms with Crippen molar-refractivity contribution < 1.29 is 18.6 Å². The number of hydrogen-bond acceptors (Lipinski definition) is 5. The Bertz CT molecular complexity index is 563. The average Bonchev–Trinajstić information content (AvgIpc) is 2.70. The molecule has 1 heterocycles. The van der Waals surface area contributed by atoms with Crippen LogP contribution in [0.2, 0.25) is 0 Å². The van der Waals surface area contributed by atoms with Gasteiger partial charge in [0.05, 0.1) is 17.1 Å². The molecule has 0 aliphatic carbocycles. The lowest BCUT2D eigenvalue weighted by Gasteiger charge is -2.16. The van der Waals surface area contributed by atoms with Gasteiger partial charge in [0.1, 0.15) is 0 Å². The summed E-state index contributed by atoms with van der Waals surface area (Å²) in [6.07, 6.45) is -2.06. The summed E-state index contributed by atoms with van der Waals surface area (Å²) in [6, 6.07) is 4.75. The summed E-state index contributed by atoms with van der Waals surface area (Å²) in [5.41, 5.74) is 7.24. The fourth-order valence-corrected chi connectivity index (χ4v) is 3.70. The highest BCUT2D eigenvalue weighted by atomic mass is 32.2.